The van der Waals surface area contributed by atoms with Crippen molar-refractivity contribution in [1.29, 1.82) is 0 Å². The maximum absolute atomic E-state index is 13.2. The molecule has 2 atom stereocenters. The molecule has 1 saturated heterocycles. The number of nitrogens with zero attached hydrogens (tertiary/aromatic N) is 3. The van der Waals surface area contributed by atoms with Crippen molar-refractivity contribution in [1.82, 2.24) is 19.8 Å². The highest BCUT2D eigenvalue weighted by Crippen LogP contribution is 2.34. The van der Waals surface area contributed by atoms with Gasteiger partial charge in [0.2, 0.25) is 5.75 Å². The van der Waals surface area contributed by atoms with E-state index >= 15 is 0 Å². The van der Waals surface area contributed by atoms with E-state index in [4.69, 9.17) is 9.47 Å². The molecular formula is C29H33FN4O6. The second-order valence-electron chi connectivity index (χ2n) is 10.6. The summed E-state index contributed by atoms with van der Waals surface area (Å²) in [5.74, 6) is -1.92. The molecule has 212 valence electrons. The molecule has 1 aliphatic heterocycles. The van der Waals surface area contributed by atoms with Gasteiger partial charge in [-0.05, 0) is 44.0 Å². The molecule has 3 aromatic rings. The van der Waals surface area contributed by atoms with Crippen LogP contribution in [0.2, 0.25) is 0 Å². The quantitative estimate of drug-likeness (QED) is 0.457. The Labute approximate surface area is 231 Å². The van der Waals surface area contributed by atoms with Gasteiger partial charge in [0.15, 0.2) is 5.69 Å². The number of benzene rings is 2. The lowest BCUT2D eigenvalue weighted by Gasteiger charge is -2.29. The number of carbonyl (C=O) groups excluding carboxylic acids is 2. The van der Waals surface area contributed by atoms with Crippen molar-refractivity contribution in [2.24, 2.45) is 7.05 Å². The van der Waals surface area contributed by atoms with Gasteiger partial charge in [-0.3, -0.25) is 19.1 Å². The van der Waals surface area contributed by atoms with E-state index in [0.29, 0.717) is 12.2 Å². The number of carbonyl (C=O) groups is 2. The minimum Gasteiger partial charge on any atom is -0.501 e. The van der Waals surface area contributed by atoms with Crippen molar-refractivity contribution in [2.75, 3.05) is 6.54 Å². The molecule has 2 aromatic carbocycles. The highest BCUT2D eigenvalue weighted by molar-refractivity contribution is 5.94. The van der Waals surface area contributed by atoms with Gasteiger partial charge in [-0.15, -0.1) is 0 Å². The molecule has 0 bridgehead atoms. The van der Waals surface area contributed by atoms with E-state index in [-0.39, 0.29) is 25.3 Å². The lowest BCUT2D eigenvalue weighted by molar-refractivity contribution is 0.0143. The lowest BCUT2D eigenvalue weighted by atomic mass is 10.1. The molecule has 2 unspecified atom stereocenters. The summed E-state index contributed by atoms with van der Waals surface area (Å²) >= 11 is 0. The van der Waals surface area contributed by atoms with Gasteiger partial charge in [0.05, 0.1) is 25.3 Å². The van der Waals surface area contributed by atoms with Gasteiger partial charge in [0, 0.05) is 20.0 Å². The van der Waals surface area contributed by atoms with Crippen LogP contribution in [-0.2, 0) is 29.7 Å². The van der Waals surface area contributed by atoms with E-state index in [1.807, 2.05) is 30.3 Å². The summed E-state index contributed by atoms with van der Waals surface area (Å²) in [6, 6.07) is 14.3. The molecule has 0 saturated carbocycles. The topological polar surface area (TPSA) is 123 Å². The first kappa shape index (κ1) is 28.8. The predicted molar refractivity (Wildman–Crippen MR) is 144 cm³/mol. The summed E-state index contributed by atoms with van der Waals surface area (Å²) in [4.78, 5) is 44.9. The third-order valence-electron chi connectivity index (χ3n) is 6.40. The summed E-state index contributed by atoms with van der Waals surface area (Å²) < 4.78 is 26.0. The van der Waals surface area contributed by atoms with E-state index in [0.717, 1.165) is 10.1 Å². The van der Waals surface area contributed by atoms with Gasteiger partial charge in [0.1, 0.15) is 17.2 Å². The zero-order valence-electron chi connectivity index (χ0n) is 22.9. The van der Waals surface area contributed by atoms with Gasteiger partial charge < -0.3 is 19.9 Å². The fraction of sp³-hybridized carbons (Fsp3) is 0.379. The number of aromatic nitrogens is 2. The van der Waals surface area contributed by atoms with Crippen LogP contribution in [0.3, 0.4) is 0 Å². The maximum atomic E-state index is 13.2. The van der Waals surface area contributed by atoms with E-state index in [9.17, 15) is 23.9 Å². The molecule has 4 rings (SSSR count). The standard InChI is InChI=1S/C29H33FN4O6/c1-29(2,3)40-28(38)34-16-21(39-17-19-8-6-5-7-9-19)14-22(34)25-32-23(24(35)27(37)33(25)4)26(36)31-15-18-10-12-20(30)13-11-18/h5-13,21-22,35H,14-17H2,1-4H3,(H,31,36). The molecule has 1 aromatic heterocycles. The zero-order valence-corrected chi connectivity index (χ0v) is 22.9. The van der Waals surface area contributed by atoms with Crippen molar-refractivity contribution in [2.45, 2.75) is 58.1 Å². The number of hydrogen-bond acceptors (Lipinski definition) is 7. The second kappa shape index (κ2) is 11.9. The first-order valence-electron chi connectivity index (χ1n) is 12.9. The minimum atomic E-state index is -0.838. The average Bonchev–Trinajstić information content (AvgIpc) is 3.34. The van der Waals surface area contributed by atoms with Crippen LogP contribution >= 0.6 is 0 Å². The van der Waals surface area contributed by atoms with Crippen molar-refractivity contribution in [3.8, 4) is 5.75 Å². The molecular weight excluding hydrogens is 519 g/mol. The molecule has 2 amide bonds. The molecule has 40 heavy (non-hydrogen) atoms. The van der Waals surface area contributed by atoms with E-state index in [2.05, 4.69) is 10.3 Å². The van der Waals surface area contributed by atoms with Gasteiger partial charge in [0.25, 0.3) is 11.5 Å². The molecule has 1 fully saturated rings. The summed E-state index contributed by atoms with van der Waals surface area (Å²) in [7, 11) is 1.41. The first-order chi connectivity index (χ1) is 18.9. The van der Waals surface area contributed by atoms with Crippen molar-refractivity contribution in [3.05, 3.63) is 93.4 Å². The Morgan fingerprint density at radius 3 is 2.42 bits per heavy atom. The van der Waals surface area contributed by atoms with Crippen LogP contribution in [0.4, 0.5) is 9.18 Å². The fourth-order valence-electron chi connectivity index (χ4n) is 4.40. The number of aromatic hydroxyl groups is 1. The molecule has 1 aliphatic rings. The Balaban J connectivity index is 1.61. The maximum Gasteiger partial charge on any atom is 0.411 e. The monoisotopic (exact) mass is 552 g/mol. The Morgan fingerprint density at radius 1 is 1.10 bits per heavy atom. The lowest BCUT2D eigenvalue weighted by Crippen LogP contribution is -2.39. The van der Waals surface area contributed by atoms with Gasteiger partial charge in [-0.2, -0.15) is 0 Å². The Hall–Kier alpha value is -4.25. The van der Waals surface area contributed by atoms with Crippen LogP contribution in [0.25, 0.3) is 0 Å². The Bertz CT molecular complexity index is 1420. The highest BCUT2D eigenvalue weighted by Gasteiger charge is 2.41. The molecule has 10 nitrogen and oxygen atoms in total. The van der Waals surface area contributed by atoms with Crippen molar-refractivity contribution in [3.63, 3.8) is 0 Å². The molecule has 0 radical (unpaired) electrons. The molecule has 2 heterocycles. The van der Waals surface area contributed by atoms with Crippen LogP contribution in [0.5, 0.6) is 5.75 Å². The molecule has 0 aliphatic carbocycles. The number of likely N-dealkylation sites (tertiary alicyclic amines) is 1. The average molecular weight is 553 g/mol. The molecule has 11 heteroatoms. The van der Waals surface area contributed by atoms with Gasteiger partial charge in [-0.25, -0.2) is 14.2 Å². The van der Waals surface area contributed by atoms with Gasteiger partial charge >= 0.3 is 6.09 Å². The van der Waals surface area contributed by atoms with Crippen molar-refractivity contribution < 1.29 is 28.6 Å². The van der Waals surface area contributed by atoms with Crippen LogP contribution in [0, 0.1) is 5.82 Å². The zero-order chi connectivity index (χ0) is 29.0. The first-order valence-corrected chi connectivity index (χ1v) is 12.9. The third kappa shape index (κ3) is 6.84. The largest absolute Gasteiger partial charge is 0.501 e. The van der Waals surface area contributed by atoms with Crippen LogP contribution in [-0.4, -0.2) is 49.8 Å². The number of rotatable bonds is 7. The van der Waals surface area contributed by atoms with Crippen LogP contribution in [0.1, 0.15) is 60.7 Å². The van der Waals surface area contributed by atoms with Crippen molar-refractivity contribution >= 4 is 12.0 Å². The normalized spacial score (nSPS) is 17.1. The van der Waals surface area contributed by atoms with E-state index < -0.39 is 52.6 Å². The summed E-state index contributed by atoms with van der Waals surface area (Å²) in [5.41, 5.74) is -0.508. The number of halogens is 1. The minimum absolute atomic E-state index is 0.0215. The number of amides is 2. The summed E-state index contributed by atoms with van der Waals surface area (Å²) in [5, 5.41) is 13.1. The summed E-state index contributed by atoms with van der Waals surface area (Å²) in [6.07, 6.45) is -0.736. The number of nitrogens with one attached hydrogen (secondary N) is 1. The number of hydrogen-bond donors (Lipinski definition) is 2. The SMILES string of the molecule is Cn1c(C2CC(OCc3ccccc3)CN2C(=O)OC(C)(C)C)nc(C(=O)NCc2ccc(F)cc2)c(O)c1=O. The van der Waals surface area contributed by atoms with E-state index in [1.165, 1.54) is 36.2 Å². The third-order valence-corrected chi connectivity index (χ3v) is 6.40. The van der Waals surface area contributed by atoms with Gasteiger partial charge in [-0.1, -0.05) is 42.5 Å². The smallest absolute Gasteiger partial charge is 0.411 e. The molecule has 0 spiro atoms. The Kier molecular flexibility index (Phi) is 8.53. The second-order valence-corrected chi connectivity index (χ2v) is 10.6. The Morgan fingerprint density at radius 2 is 1.77 bits per heavy atom. The summed E-state index contributed by atoms with van der Waals surface area (Å²) in [6.45, 7) is 5.76. The highest BCUT2D eigenvalue weighted by atomic mass is 19.1. The van der Waals surface area contributed by atoms with Crippen LogP contribution in [0.15, 0.2) is 59.4 Å². The predicted octanol–water partition coefficient (Wildman–Crippen LogP) is 3.82. The fourth-order valence-corrected chi connectivity index (χ4v) is 4.40. The molecule has 2 N–H and O–H groups in total. The van der Waals surface area contributed by atoms with Crippen LogP contribution < -0.4 is 10.9 Å². The number of ether oxygens (including phenoxy) is 2. The van der Waals surface area contributed by atoms with E-state index in [1.54, 1.807) is 20.8 Å².